The van der Waals surface area contributed by atoms with Crippen LogP contribution in [0.2, 0.25) is 0 Å². The molecule has 0 saturated heterocycles. The monoisotopic (exact) mass is 517 g/mol. The van der Waals surface area contributed by atoms with Crippen molar-refractivity contribution < 1.29 is 4.74 Å². The molecule has 0 saturated carbocycles. The smallest absolute Gasteiger partial charge is 0.191 e. The lowest BCUT2D eigenvalue weighted by Gasteiger charge is -2.12. The van der Waals surface area contributed by atoms with Crippen molar-refractivity contribution in [2.45, 2.75) is 26.3 Å². The quantitative estimate of drug-likeness (QED) is 0.285. The topological polar surface area (TPSA) is 63.5 Å². The molecule has 0 radical (unpaired) electrons. The number of hydrogen-bond acceptors (Lipinski definition) is 3. The summed E-state index contributed by atoms with van der Waals surface area (Å²) in [5.74, 6) is 1.88. The largest absolute Gasteiger partial charge is 0.493 e. The minimum absolute atomic E-state index is 0. The van der Waals surface area contributed by atoms with Crippen molar-refractivity contribution in [1.29, 1.82) is 0 Å². The number of halogens is 1. The van der Waals surface area contributed by atoms with Crippen LogP contribution < -0.4 is 15.4 Å². The van der Waals surface area contributed by atoms with Gasteiger partial charge >= 0.3 is 0 Å². The van der Waals surface area contributed by atoms with Gasteiger partial charge in [-0.05, 0) is 54.3 Å². The minimum atomic E-state index is 0. The molecule has 0 spiro atoms. The van der Waals surface area contributed by atoms with E-state index >= 15 is 0 Å². The summed E-state index contributed by atoms with van der Waals surface area (Å²) in [7, 11) is 0. The second-order valence-corrected chi connectivity index (χ2v) is 7.03. The van der Waals surface area contributed by atoms with Crippen molar-refractivity contribution in [3.63, 3.8) is 0 Å². The van der Waals surface area contributed by atoms with Crippen molar-refractivity contribution in [2.75, 3.05) is 19.7 Å². The zero-order valence-electron chi connectivity index (χ0n) is 17.2. The van der Waals surface area contributed by atoms with Crippen LogP contribution in [0.4, 0.5) is 0 Å². The summed E-state index contributed by atoms with van der Waals surface area (Å²) in [6.45, 7) is 5.18. The second kappa shape index (κ2) is 11.0. The third kappa shape index (κ3) is 5.75. The van der Waals surface area contributed by atoms with E-state index in [4.69, 9.17) is 9.73 Å². The van der Waals surface area contributed by atoms with Crippen molar-refractivity contribution in [3.8, 4) is 11.4 Å². The van der Waals surface area contributed by atoms with Crippen LogP contribution in [-0.2, 0) is 19.4 Å². The Hall–Kier alpha value is -2.55. The van der Waals surface area contributed by atoms with Crippen LogP contribution >= 0.6 is 24.0 Å². The third-order valence-electron chi connectivity index (χ3n) is 4.93. The molecule has 0 atom stereocenters. The van der Waals surface area contributed by atoms with Crippen LogP contribution in [0.3, 0.4) is 0 Å². The molecule has 6 nitrogen and oxygen atoms in total. The molecule has 0 bridgehead atoms. The Balaban J connectivity index is 0.00000256. The van der Waals surface area contributed by atoms with Gasteiger partial charge in [0.15, 0.2) is 5.96 Å². The summed E-state index contributed by atoms with van der Waals surface area (Å²) in [4.78, 5) is 4.72. The Morgan fingerprint density at radius 3 is 2.73 bits per heavy atom. The lowest BCUT2D eigenvalue weighted by atomic mass is 10.1. The Bertz CT molecular complexity index is 954. The van der Waals surface area contributed by atoms with Crippen LogP contribution in [0.25, 0.3) is 5.69 Å². The van der Waals surface area contributed by atoms with E-state index in [0.717, 1.165) is 55.5 Å². The average molecular weight is 517 g/mol. The van der Waals surface area contributed by atoms with Gasteiger partial charge in [0, 0.05) is 31.9 Å². The number of fused-ring (bicyclic) bond motifs is 1. The average Bonchev–Trinajstić information content (AvgIpc) is 3.44. The van der Waals surface area contributed by atoms with Crippen LogP contribution in [0, 0.1) is 0 Å². The highest BCUT2D eigenvalue weighted by Gasteiger charge is 2.11. The van der Waals surface area contributed by atoms with E-state index in [1.54, 1.807) is 6.20 Å². The van der Waals surface area contributed by atoms with Gasteiger partial charge in [0.25, 0.3) is 0 Å². The SMILES string of the molecule is CCNC(=NCc1ccc(-n2cccn2)cc1)NCCc1ccc2c(c1)CCO2.I. The van der Waals surface area contributed by atoms with E-state index in [0.29, 0.717) is 6.54 Å². The number of nitrogens with zero attached hydrogens (tertiary/aromatic N) is 3. The molecule has 0 unspecified atom stereocenters. The molecule has 7 heteroatoms. The van der Waals surface area contributed by atoms with Gasteiger partial charge in [-0.3, -0.25) is 0 Å². The summed E-state index contributed by atoms with van der Waals surface area (Å²) in [5, 5.41) is 11.0. The Morgan fingerprint density at radius 1 is 1.13 bits per heavy atom. The van der Waals surface area contributed by atoms with Gasteiger partial charge in [0.1, 0.15) is 5.75 Å². The molecule has 0 fully saturated rings. The summed E-state index contributed by atoms with van der Waals surface area (Å²) >= 11 is 0. The fourth-order valence-electron chi connectivity index (χ4n) is 3.41. The summed E-state index contributed by atoms with van der Waals surface area (Å²) in [6, 6.07) is 16.7. The number of aliphatic imine (C=N–C) groups is 1. The van der Waals surface area contributed by atoms with Crippen LogP contribution in [0.5, 0.6) is 5.75 Å². The predicted molar refractivity (Wildman–Crippen MR) is 131 cm³/mol. The fraction of sp³-hybridized carbons (Fsp3) is 0.304. The van der Waals surface area contributed by atoms with Gasteiger partial charge in [-0.2, -0.15) is 5.10 Å². The first-order chi connectivity index (χ1) is 14.3. The van der Waals surface area contributed by atoms with Crippen molar-refractivity contribution in [3.05, 3.63) is 77.6 Å². The maximum atomic E-state index is 5.58. The van der Waals surface area contributed by atoms with Crippen molar-refractivity contribution in [2.24, 2.45) is 4.99 Å². The maximum Gasteiger partial charge on any atom is 0.191 e. The van der Waals surface area contributed by atoms with Gasteiger partial charge in [0.2, 0.25) is 0 Å². The number of rotatable bonds is 7. The molecule has 158 valence electrons. The molecular formula is C23H28IN5O. The number of benzene rings is 2. The molecule has 2 aromatic carbocycles. The Labute approximate surface area is 194 Å². The van der Waals surface area contributed by atoms with E-state index < -0.39 is 0 Å². The van der Waals surface area contributed by atoms with Gasteiger partial charge in [-0.1, -0.05) is 24.3 Å². The van der Waals surface area contributed by atoms with E-state index in [9.17, 15) is 0 Å². The van der Waals surface area contributed by atoms with Gasteiger partial charge in [-0.25, -0.2) is 9.67 Å². The molecule has 2 N–H and O–H groups in total. The number of nitrogens with one attached hydrogen (secondary N) is 2. The van der Waals surface area contributed by atoms with E-state index in [1.807, 2.05) is 16.9 Å². The lowest BCUT2D eigenvalue weighted by Crippen LogP contribution is -2.38. The number of aromatic nitrogens is 2. The molecule has 1 aliphatic heterocycles. The molecule has 30 heavy (non-hydrogen) atoms. The van der Waals surface area contributed by atoms with Crippen LogP contribution in [0.1, 0.15) is 23.6 Å². The fourth-order valence-corrected chi connectivity index (χ4v) is 3.41. The number of hydrogen-bond donors (Lipinski definition) is 2. The van der Waals surface area contributed by atoms with Crippen LogP contribution in [-0.4, -0.2) is 35.4 Å². The van der Waals surface area contributed by atoms with Gasteiger partial charge in [-0.15, -0.1) is 24.0 Å². The van der Waals surface area contributed by atoms with E-state index in [2.05, 4.69) is 65.1 Å². The molecule has 4 rings (SSSR count). The molecule has 0 amide bonds. The number of guanidine groups is 1. The molecule has 2 heterocycles. The van der Waals surface area contributed by atoms with Gasteiger partial charge < -0.3 is 15.4 Å². The summed E-state index contributed by atoms with van der Waals surface area (Å²) in [5.41, 5.74) is 4.86. The van der Waals surface area contributed by atoms with Crippen molar-refractivity contribution in [1.82, 2.24) is 20.4 Å². The highest BCUT2D eigenvalue weighted by atomic mass is 127. The molecule has 1 aromatic heterocycles. The molecule has 1 aliphatic rings. The Morgan fingerprint density at radius 2 is 1.97 bits per heavy atom. The highest BCUT2D eigenvalue weighted by molar-refractivity contribution is 14.0. The van der Waals surface area contributed by atoms with Gasteiger partial charge in [0.05, 0.1) is 18.8 Å². The number of ether oxygens (including phenoxy) is 1. The highest BCUT2D eigenvalue weighted by Crippen LogP contribution is 2.25. The third-order valence-corrected chi connectivity index (χ3v) is 4.93. The first-order valence-corrected chi connectivity index (χ1v) is 10.2. The van der Waals surface area contributed by atoms with E-state index in [-0.39, 0.29) is 24.0 Å². The zero-order valence-corrected chi connectivity index (χ0v) is 19.5. The predicted octanol–water partition coefficient (Wildman–Crippen LogP) is 3.72. The summed E-state index contributed by atoms with van der Waals surface area (Å²) < 4.78 is 7.43. The Kier molecular flexibility index (Phi) is 8.12. The first-order valence-electron chi connectivity index (χ1n) is 10.2. The molecule has 0 aliphatic carbocycles. The lowest BCUT2D eigenvalue weighted by molar-refractivity contribution is 0.357. The zero-order chi connectivity index (χ0) is 19.9. The second-order valence-electron chi connectivity index (χ2n) is 7.03. The first kappa shape index (κ1) is 22.1. The van der Waals surface area contributed by atoms with E-state index in [1.165, 1.54) is 11.1 Å². The molecular weight excluding hydrogens is 489 g/mol. The maximum absolute atomic E-state index is 5.58. The minimum Gasteiger partial charge on any atom is -0.493 e. The van der Waals surface area contributed by atoms with Crippen LogP contribution in [0.15, 0.2) is 65.9 Å². The molecule has 3 aromatic rings. The summed E-state index contributed by atoms with van der Waals surface area (Å²) in [6.07, 6.45) is 5.69. The normalized spacial score (nSPS) is 12.6. The standard InChI is InChI=1S/C23H27N5O.HI/c1-2-24-23(25-13-10-18-6-9-22-20(16-18)11-15-29-22)26-17-19-4-7-21(8-5-19)28-14-3-12-27-28;/h3-9,12,14,16H,2,10-11,13,15,17H2,1H3,(H2,24,25,26);1H. The van der Waals surface area contributed by atoms with Crippen molar-refractivity contribution >= 4 is 29.9 Å².